The standard InChI is InChI=1S/C12H21NO4/c1-12(2,3)9(11(15)16)10(14)13(4)8-5-6-17-7-8/h8-9H,5-7H2,1-4H3,(H,15,16). The molecule has 2 unspecified atom stereocenters. The summed E-state index contributed by atoms with van der Waals surface area (Å²) in [7, 11) is 1.66. The Morgan fingerprint density at radius 3 is 2.35 bits per heavy atom. The molecule has 1 amide bonds. The average molecular weight is 243 g/mol. The quantitative estimate of drug-likeness (QED) is 0.750. The van der Waals surface area contributed by atoms with E-state index in [1.54, 1.807) is 27.8 Å². The van der Waals surface area contributed by atoms with Gasteiger partial charge < -0.3 is 14.7 Å². The minimum atomic E-state index is -1.06. The molecule has 0 radical (unpaired) electrons. The second kappa shape index (κ2) is 5.04. The number of likely N-dealkylation sites (N-methyl/N-ethyl adjacent to an activating group) is 1. The summed E-state index contributed by atoms with van der Waals surface area (Å²) in [6, 6.07) is 0.00620. The highest BCUT2D eigenvalue weighted by Gasteiger charge is 2.41. The molecule has 2 atom stereocenters. The summed E-state index contributed by atoms with van der Waals surface area (Å²) in [5.41, 5.74) is -0.587. The van der Waals surface area contributed by atoms with Crippen molar-refractivity contribution in [2.75, 3.05) is 20.3 Å². The van der Waals surface area contributed by atoms with Crippen molar-refractivity contribution in [2.45, 2.75) is 33.2 Å². The van der Waals surface area contributed by atoms with Gasteiger partial charge in [0.05, 0.1) is 12.6 Å². The normalized spacial score (nSPS) is 22.2. The Morgan fingerprint density at radius 2 is 2.00 bits per heavy atom. The van der Waals surface area contributed by atoms with Gasteiger partial charge in [0.25, 0.3) is 0 Å². The first-order valence-electron chi connectivity index (χ1n) is 5.82. The van der Waals surface area contributed by atoms with Crippen LogP contribution in [0.25, 0.3) is 0 Å². The summed E-state index contributed by atoms with van der Waals surface area (Å²) >= 11 is 0. The second-order valence-corrected chi connectivity index (χ2v) is 5.60. The molecule has 0 bridgehead atoms. The van der Waals surface area contributed by atoms with E-state index in [0.717, 1.165) is 6.42 Å². The summed E-state index contributed by atoms with van der Waals surface area (Å²) in [5.74, 6) is -2.40. The van der Waals surface area contributed by atoms with Crippen molar-refractivity contribution in [1.82, 2.24) is 4.90 Å². The smallest absolute Gasteiger partial charge is 0.316 e. The molecular weight excluding hydrogens is 222 g/mol. The molecule has 1 aliphatic heterocycles. The molecule has 5 nitrogen and oxygen atoms in total. The van der Waals surface area contributed by atoms with Crippen LogP contribution in [-0.2, 0) is 14.3 Å². The fraction of sp³-hybridized carbons (Fsp3) is 0.833. The van der Waals surface area contributed by atoms with Gasteiger partial charge in [0, 0.05) is 13.7 Å². The van der Waals surface area contributed by atoms with Crippen molar-refractivity contribution in [3.63, 3.8) is 0 Å². The third-order valence-corrected chi connectivity index (χ3v) is 3.16. The predicted molar refractivity (Wildman–Crippen MR) is 62.6 cm³/mol. The molecule has 0 saturated carbocycles. The summed E-state index contributed by atoms with van der Waals surface area (Å²) in [5, 5.41) is 9.19. The van der Waals surface area contributed by atoms with Crippen LogP contribution in [0.15, 0.2) is 0 Å². The molecule has 98 valence electrons. The molecule has 1 heterocycles. The topological polar surface area (TPSA) is 66.8 Å². The van der Waals surface area contributed by atoms with Crippen LogP contribution in [0.1, 0.15) is 27.2 Å². The lowest BCUT2D eigenvalue weighted by Crippen LogP contribution is -2.47. The lowest BCUT2D eigenvalue weighted by atomic mass is 9.79. The van der Waals surface area contributed by atoms with Gasteiger partial charge in [0.15, 0.2) is 0 Å². The highest BCUT2D eigenvalue weighted by Crippen LogP contribution is 2.29. The molecule has 17 heavy (non-hydrogen) atoms. The van der Waals surface area contributed by atoms with Gasteiger partial charge in [-0.05, 0) is 11.8 Å². The highest BCUT2D eigenvalue weighted by atomic mass is 16.5. The number of aliphatic carboxylic acids is 1. The van der Waals surface area contributed by atoms with E-state index in [1.165, 1.54) is 4.90 Å². The van der Waals surface area contributed by atoms with Crippen LogP contribution in [0, 0.1) is 11.3 Å². The van der Waals surface area contributed by atoms with Gasteiger partial charge >= 0.3 is 5.97 Å². The molecule has 1 rings (SSSR count). The molecule has 0 spiro atoms. The molecule has 0 aromatic heterocycles. The Labute approximate surface area is 102 Å². The van der Waals surface area contributed by atoms with Crippen molar-refractivity contribution in [1.29, 1.82) is 0 Å². The van der Waals surface area contributed by atoms with Crippen LogP contribution in [0.3, 0.4) is 0 Å². The van der Waals surface area contributed by atoms with Crippen molar-refractivity contribution < 1.29 is 19.4 Å². The second-order valence-electron chi connectivity index (χ2n) is 5.60. The van der Waals surface area contributed by atoms with Crippen LogP contribution in [-0.4, -0.2) is 48.2 Å². The Balaban J connectivity index is 2.81. The van der Waals surface area contributed by atoms with E-state index in [0.29, 0.717) is 13.2 Å². The number of nitrogens with zero attached hydrogens (tertiary/aromatic N) is 1. The predicted octanol–water partition coefficient (Wildman–Crippen LogP) is 0.981. The SMILES string of the molecule is CN(C(=O)C(C(=O)O)C(C)(C)C)C1CCOC1. The number of hydrogen-bond donors (Lipinski definition) is 1. The van der Waals surface area contributed by atoms with Crippen LogP contribution in [0.5, 0.6) is 0 Å². The van der Waals surface area contributed by atoms with E-state index in [4.69, 9.17) is 4.74 Å². The first-order chi connectivity index (χ1) is 7.75. The van der Waals surface area contributed by atoms with Gasteiger partial charge in [0.2, 0.25) is 5.91 Å². The molecule has 0 aromatic carbocycles. The minimum Gasteiger partial charge on any atom is -0.481 e. The van der Waals surface area contributed by atoms with Crippen LogP contribution in [0.2, 0.25) is 0 Å². The average Bonchev–Trinajstić information content (AvgIpc) is 2.65. The Kier molecular flexibility index (Phi) is 4.14. The summed E-state index contributed by atoms with van der Waals surface area (Å²) in [6.45, 7) is 6.43. The molecule has 5 heteroatoms. The molecule has 1 saturated heterocycles. The van der Waals surface area contributed by atoms with Gasteiger partial charge in [-0.1, -0.05) is 20.8 Å². The molecule has 0 aliphatic carbocycles. The number of carboxylic acid groups (broad SMARTS) is 1. The zero-order valence-corrected chi connectivity index (χ0v) is 10.9. The highest BCUT2D eigenvalue weighted by molar-refractivity contribution is 5.97. The van der Waals surface area contributed by atoms with E-state index < -0.39 is 17.3 Å². The van der Waals surface area contributed by atoms with Crippen molar-refractivity contribution >= 4 is 11.9 Å². The zero-order chi connectivity index (χ0) is 13.2. The van der Waals surface area contributed by atoms with E-state index in [2.05, 4.69) is 0 Å². The largest absolute Gasteiger partial charge is 0.481 e. The van der Waals surface area contributed by atoms with E-state index >= 15 is 0 Å². The van der Waals surface area contributed by atoms with Crippen LogP contribution >= 0.6 is 0 Å². The number of hydrogen-bond acceptors (Lipinski definition) is 3. The lowest BCUT2D eigenvalue weighted by molar-refractivity contribution is -0.156. The van der Waals surface area contributed by atoms with Crippen LogP contribution < -0.4 is 0 Å². The monoisotopic (exact) mass is 243 g/mol. The molecule has 1 fully saturated rings. The van der Waals surface area contributed by atoms with Crippen molar-refractivity contribution in [2.24, 2.45) is 11.3 Å². The minimum absolute atomic E-state index is 0.00620. The lowest BCUT2D eigenvalue weighted by Gasteiger charge is -2.32. The van der Waals surface area contributed by atoms with E-state index in [-0.39, 0.29) is 11.9 Å². The summed E-state index contributed by atoms with van der Waals surface area (Å²) < 4.78 is 5.21. The zero-order valence-electron chi connectivity index (χ0n) is 10.9. The number of ether oxygens (including phenoxy) is 1. The van der Waals surface area contributed by atoms with E-state index in [9.17, 15) is 14.7 Å². The van der Waals surface area contributed by atoms with Crippen LogP contribution in [0.4, 0.5) is 0 Å². The number of amides is 1. The van der Waals surface area contributed by atoms with Gasteiger partial charge in [-0.2, -0.15) is 0 Å². The third-order valence-electron chi connectivity index (χ3n) is 3.16. The van der Waals surface area contributed by atoms with Gasteiger partial charge in [-0.25, -0.2) is 0 Å². The molecule has 1 aliphatic rings. The number of rotatable bonds is 3. The van der Waals surface area contributed by atoms with Crippen molar-refractivity contribution in [3.8, 4) is 0 Å². The van der Waals surface area contributed by atoms with E-state index in [1.807, 2.05) is 0 Å². The molecular formula is C12H21NO4. The third kappa shape index (κ3) is 3.19. The number of carboxylic acids is 1. The fourth-order valence-electron chi connectivity index (χ4n) is 2.06. The van der Waals surface area contributed by atoms with Gasteiger partial charge in [0.1, 0.15) is 5.92 Å². The number of carbonyl (C=O) groups excluding carboxylic acids is 1. The maximum Gasteiger partial charge on any atom is 0.316 e. The first-order valence-corrected chi connectivity index (χ1v) is 5.82. The Morgan fingerprint density at radius 1 is 1.41 bits per heavy atom. The first kappa shape index (κ1) is 14.0. The fourth-order valence-corrected chi connectivity index (χ4v) is 2.06. The summed E-state index contributed by atoms with van der Waals surface area (Å²) in [4.78, 5) is 25.0. The summed E-state index contributed by atoms with van der Waals surface area (Å²) in [6.07, 6.45) is 0.777. The number of carbonyl (C=O) groups is 2. The van der Waals surface area contributed by atoms with Crippen molar-refractivity contribution in [3.05, 3.63) is 0 Å². The maximum absolute atomic E-state index is 12.2. The van der Waals surface area contributed by atoms with Gasteiger partial charge in [-0.15, -0.1) is 0 Å². The molecule has 1 N–H and O–H groups in total. The Bertz CT molecular complexity index is 302. The maximum atomic E-state index is 12.2. The Hall–Kier alpha value is -1.10. The molecule has 0 aromatic rings. The van der Waals surface area contributed by atoms with Gasteiger partial charge in [-0.3, -0.25) is 9.59 Å².